The van der Waals surface area contributed by atoms with Crippen LogP contribution in [0.25, 0.3) is 11.3 Å². The van der Waals surface area contributed by atoms with Crippen LogP contribution in [0.5, 0.6) is 0 Å². The molecule has 3 rings (SSSR count). The number of sulfone groups is 1. The van der Waals surface area contributed by atoms with Gasteiger partial charge < -0.3 is 16.4 Å². The largest absolute Gasteiger partial charge is 0.417 e. The fraction of sp³-hybridized carbons (Fsp3) is 0.250. The quantitative estimate of drug-likeness (QED) is 0.798. The van der Waals surface area contributed by atoms with Crippen LogP contribution in [0.4, 0.5) is 19.0 Å². The molecule has 0 saturated carbocycles. The molecule has 1 aromatic heterocycles. The number of aliphatic imine (C=N–C) groups is 1. The molecule has 0 radical (unpaired) electrons. The van der Waals surface area contributed by atoms with Crippen molar-refractivity contribution in [3.63, 3.8) is 0 Å². The average molecular weight is 399 g/mol. The normalized spacial score (nSPS) is 17.5. The Bertz CT molecular complexity index is 1050. The monoisotopic (exact) mass is 399 g/mol. The van der Waals surface area contributed by atoms with E-state index in [0.29, 0.717) is 0 Å². The summed E-state index contributed by atoms with van der Waals surface area (Å²) >= 11 is 0. The average Bonchev–Trinajstić information content (AvgIpc) is 2.57. The molecule has 2 aromatic rings. The number of aromatic nitrogens is 1. The lowest BCUT2D eigenvalue weighted by Crippen LogP contribution is -2.43. The smallest absolute Gasteiger partial charge is 0.369 e. The predicted octanol–water partition coefficient (Wildman–Crippen LogP) is 2.02. The van der Waals surface area contributed by atoms with Crippen molar-refractivity contribution < 1.29 is 21.6 Å². The third-order valence-corrected chi connectivity index (χ3v) is 5.31. The van der Waals surface area contributed by atoms with Gasteiger partial charge >= 0.3 is 6.18 Å². The molecule has 0 saturated heterocycles. The molecule has 0 fully saturated rings. The van der Waals surface area contributed by atoms with E-state index in [2.05, 4.69) is 9.98 Å². The second-order valence-corrected chi connectivity index (χ2v) is 8.07. The molecule has 0 aliphatic carbocycles. The molecule has 4 N–H and O–H groups in total. The predicted molar refractivity (Wildman–Crippen MR) is 93.8 cm³/mol. The summed E-state index contributed by atoms with van der Waals surface area (Å²) in [5, 5.41) is 0. The highest BCUT2D eigenvalue weighted by Gasteiger charge is 2.36. The van der Waals surface area contributed by atoms with Gasteiger partial charge in [-0.15, -0.1) is 0 Å². The number of guanidine groups is 1. The highest BCUT2D eigenvalue weighted by Crippen LogP contribution is 2.41. The zero-order chi connectivity index (χ0) is 20.1. The number of halogens is 3. The van der Waals surface area contributed by atoms with Crippen molar-refractivity contribution in [2.24, 2.45) is 16.5 Å². The summed E-state index contributed by atoms with van der Waals surface area (Å²) in [4.78, 5) is 9.18. The molecule has 27 heavy (non-hydrogen) atoms. The SMILES string of the molecule is CN1C(N)=Nc2nc(-c3ccccc3C(F)(F)F)c(S(C)(=O)=O)cc2C1N. The van der Waals surface area contributed by atoms with Gasteiger partial charge in [-0.3, -0.25) is 0 Å². The second kappa shape index (κ2) is 6.20. The summed E-state index contributed by atoms with van der Waals surface area (Å²) in [5.74, 6) is 0.00198. The lowest BCUT2D eigenvalue weighted by molar-refractivity contribution is -0.137. The second-order valence-electron chi connectivity index (χ2n) is 6.09. The van der Waals surface area contributed by atoms with E-state index in [1.54, 1.807) is 7.05 Å². The van der Waals surface area contributed by atoms with E-state index in [4.69, 9.17) is 11.5 Å². The van der Waals surface area contributed by atoms with E-state index < -0.39 is 27.7 Å². The number of hydrogen-bond acceptors (Lipinski definition) is 7. The Morgan fingerprint density at radius 2 is 1.85 bits per heavy atom. The maximum Gasteiger partial charge on any atom is 0.417 e. The van der Waals surface area contributed by atoms with Crippen molar-refractivity contribution in [1.29, 1.82) is 0 Å². The van der Waals surface area contributed by atoms with E-state index in [1.165, 1.54) is 23.1 Å². The Kier molecular flexibility index (Phi) is 4.39. The number of hydrogen-bond donors (Lipinski definition) is 2. The van der Waals surface area contributed by atoms with Gasteiger partial charge in [0.1, 0.15) is 6.17 Å². The van der Waals surface area contributed by atoms with Crippen LogP contribution < -0.4 is 11.5 Å². The van der Waals surface area contributed by atoms with Crippen LogP contribution in [-0.4, -0.2) is 37.6 Å². The molecule has 1 atom stereocenters. The summed E-state index contributed by atoms with van der Waals surface area (Å²) in [6.07, 6.45) is -4.63. The first-order chi connectivity index (χ1) is 12.4. The minimum atomic E-state index is -4.69. The number of benzene rings is 1. The summed E-state index contributed by atoms with van der Waals surface area (Å²) in [5.41, 5.74) is 10.3. The zero-order valence-corrected chi connectivity index (χ0v) is 15.1. The first-order valence-corrected chi connectivity index (χ1v) is 9.54. The van der Waals surface area contributed by atoms with Gasteiger partial charge in [0.2, 0.25) is 0 Å². The minimum Gasteiger partial charge on any atom is -0.369 e. The highest BCUT2D eigenvalue weighted by atomic mass is 32.2. The van der Waals surface area contributed by atoms with Crippen molar-refractivity contribution in [2.75, 3.05) is 13.3 Å². The Morgan fingerprint density at radius 3 is 2.44 bits per heavy atom. The third kappa shape index (κ3) is 3.35. The molecule has 1 aliphatic heterocycles. The fourth-order valence-corrected chi connectivity index (χ4v) is 3.61. The number of rotatable bonds is 2. The molecule has 144 valence electrons. The summed E-state index contributed by atoms with van der Waals surface area (Å²) in [6, 6.07) is 5.81. The van der Waals surface area contributed by atoms with Crippen LogP contribution in [0.2, 0.25) is 0 Å². The van der Waals surface area contributed by atoms with Gasteiger partial charge in [0.25, 0.3) is 0 Å². The fourth-order valence-electron chi connectivity index (χ4n) is 2.76. The Hall–Kier alpha value is -2.66. The van der Waals surface area contributed by atoms with Gasteiger partial charge in [-0.2, -0.15) is 18.2 Å². The minimum absolute atomic E-state index is 0.0162. The van der Waals surface area contributed by atoms with Crippen molar-refractivity contribution in [2.45, 2.75) is 17.2 Å². The van der Waals surface area contributed by atoms with Crippen LogP contribution >= 0.6 is 0 Å². The Morgan fingerprint density at radius 1 is 1.22 bits per heavy atom. The van der Waals surface area contributed by atoms with Gasteiger partial charge in [-0.25, -0.2) is 13.4 Å². The van der Waals surface area contributed by atoms with Gasteiger partial charge in [0.15, 0.2) is 21.6 Å². The standard InChI is InChI=1S/C16H16F3N5O2S/c1-24-13(20)9-7-11(27(2,25)26)12(22-14(9)23-15(24)21)8-5-3-4-6-10(8)16(17,18)19/h3-7,13H,20H2,1-2H3,(H2,21,22,23). The van der Waals surface area contributed by atoms with Crippen molar-refractivity contribution in [3.05, 3.63) is 41.5 Å². The van der Waals surface area contributed by atoms with Gasteiger partial charge in [-0.05, 0) is 12.1 Å². The maximum atomic E-state index is 13.4. The first kappa shape index (κ1) is 19.1. The summed E-state index contributed by atoms with van der Waals surface area (Å²) < 4.78 is 64.9. The van der Waals surface area contributed by atoms with E-state index in [-0.39, 0.29) is 33.5 Å². The van der Waals surface area contributed by atoms with E-state index in [0.717, 1.165) is 18.4 Å². The van der Waals surface area contributed by atoms with Crippen molar-refractivity contribution in [1.82, 2.24) is 9.88 Å². The molecule has 11 heteroatoms. The number of nitrogens with zero attached hydrogens (tertiary/aromatic N) is 3. The molecule has 0 spiro atoms. The first-order valence-electron chi connectivity index (χ1n) is 7.65. The van der Waals surface area contributed by atoms with Gasteiger partial charge in [0.05, 0.1) is 16.2 Å². The van der Waals surface area contributed by atoms with Crippen molar-refractivity contribution >= 4 is 21.6 Å². The lowest BCUT2D eigenvalue weighted by atomic mass is 10.0. The molecular weight excluding hydrogens is 383 g/mol. The third-order valence-electron chi connectivity index (χ3n) is 4.20. The van der Waals surface area contributed by atoms with Crippen molar-refractivity contribution in [3.8, 4) is 11.3 Å². The van der Waals surface area contributed by atoms with E-state index >= 15 is 0 Å². The van der Waals surface area contributed by atoms with Gasteiger partial charge in [-0.1, -0.05) is 18.2 Å². The van der Waals surface area contributed by atoms with Crippen LogP contribution in [0, 0.1) is 0 Å². The molecular formula is C16H16F3N5O2S. The molecule has 7 nitrogen and oxygen atoms in total. The zero-order valence-electron chi connectivity index (χ0n) is 14.3. The molecule has 1 unspecified atom stereocenters. The van der Waals surface area contributed by atoms with Crippen LogP contribution in [0.3, 0.4) is 0 Å². The summed E-state index contributed by atoms with van der Waals surface area (Å²) in [7, 11) is -2.36. The number of fused-ring (bicyclic) bond motifs is 1. The lowest BCUT2D eigenvalue weighted by Gasteiger charge is -2.30. The number of pyridine rings is 1. The number of alkyl halides is 3. The van der Waals surface area contributed by atoms with Crippen LogP contribution in [0.15, 0.2) is 40.2 Å². The molecule has 1 aliphatic rings. The molecule has 2 heterocycles. The highest BCUT2D eigenvalue weighted by molar-refractivity contribution is 7.90. The molecule has 1 aromatic carbocycles. The summed E-state index contributed by atoms with van der Waals surface area (Å²) in [6.45, 7) is 0. The molecule has 0 amide bonds. The Balaban J connectivity index is 2.39. The van der Waals surface area contributed by atoms with Gasteiger partial charge in [0, 0.05) is 24.4 Å². The Labute approximate surface area is 153 Å². The van der Waals surface area contributed by atoms with Crippen LogP contribution in [-0.2, 0) is 16.0 Å². The molecule has 0 bridgehead atoms. The number of nitrogens with two attached hydrogens (primary N) is 2. The van der Waals surface area contributed by atoms with Crippen LogP contribution in [0.1, 0.15) is 17.3 Å². The van der Waals surface area contributed by atoms with E-state index in [9.17, 15) is 21.6 Å². The topological polar surface area (TPSA) is 115 Å². The van der Waals surface area contributed by atoms with E-state index in [1.807, 2.05) is 0 Å². The maximum absolute atomic E-state index is 13.4.